The molecule has 3 amide bonds. The Morgan fingerprint density at radius 3 is 2.50 bits per heavy atom. The Morgan fingerprint density at radius 1 is 1.12 bits per heavy atom. The number of hydrogen-bond donors (Lipinski definition) is 1. The molecule has 2 aromatic rings. The van der Waals surface area contributed by atoms with Gasteiger partial charge < -0.3 is 24.6 Å². The Bertz CT molecular complexity index is 1060. The highest BCUT2D eigenvalue weighted by Gasteiger charge is 2.33. The SMILES string of the molecule is COc1cc(C(=O)NC2CC2)ncc1O[C@@H](C)C(=O)N1CCN(C(=O)c2ccccc2)C[C@H]1C. The summed E-state index contributed by atoms with van der Waals surface area (Å²) in [6.45, 7) is 4.91. The van der Waals surface area contributed by atoms with Gasteiger partial charge in [0.15, 0.2) is 17.6 Å². The number of hydrogen-bond acceptors (Lipinski definition) is 6. The van der Waals surface area contributed by atoms with Crippen LogP contribution in [0.3, 0.4) is 0 Å². The molecule has 2 fully saturated rings. The minimum absolute atomic E-state index is 0.0366. The van der Waals surface area contributed by atoms with Crippen LogP contribution in [-0.4, -0.2) is 77.4 Å². The second kappa shape index (κ2) is 10.1. The molecule has 2 atom stereocenters. The Hall–Kier alpha value is -3.62. The summed E-state index contributed by atoms with van der Waals surface area (Å²) in [5.74, 6) is 0.148. The van der Waals surface area contributed by atoms with Gasteiger partial charge in [0.1, 0.15) is 5.69 Å². The van der Waals surface area contributed by atoms with E-state index in [4.69, 9.17) is 9.47 Å². The van der Waals surface area contributed by atoms with Gasteiger partial charge in [0.05, 0.1) is 13.3 Å². The van der Waals surface area contributed by atoms with Crippen molar-refractivity contribution in [1.29, 1.82) is 0 Å². The molecular formula is C25H30N4O5. The fourth-order valence-corrected chi connectivity index (χ4v) is 3.99. The number of rotatable bonds is 7. The summed E-state index contributed by atoms with van der Waals surface area (Å²) in [7, 11) is 1.47. The summed E-state index contributed by atoms with van der Waals surface area (Å²) in [4.78, 5) is 45.8. The number of ether oxygens (including phenoxy) is 2. The highest BCUT2D eigenvalue weighted by Crippen LogP contribution is 2.28. The maximum Gasteiger partial charge on any atom is 0.270 e. The van der Waals surface area contributed by atoms with E-state index < -0.39 is 6.10 Å². The van der Waals surface area contributed by atoms with Crippen LogP contribution in [0.4, 0.5) is 0 Å². The van der Waals surface area contributed by atoms with Crippen LogP contribution in [0.1, 0.15) is 47.5 Å². The second-order valence-corrected chi connectivity index (χ2v) is 8.73. The summed E-state index contributed by atoms with van der Waals surface area (Å²) in [6.07, 6.45) is 2.58. The number of carbonyl (C=O) groups excluding carboxylic acids is 3. The molecule has 2 heterocycles. The smallest absolute Gasteiger partial charge is 0.270 e. The predicted octanol–water partition coefficient (Wildman–Crippen LogP) is 2.12. The van der Waals surface area contributed by atoms with Crippen LogP contribution in [0, 0.1) is 0 Å². The molecule has 1 saturated carbocycles. The second-order valence-electron chi connectivity index (χ2n) is 8.73. The van der Waals surface area contributed by atoms with Crippen molar-refractivity contribution in [1.82, 2.24) is 20.1 Å². The van der Waals surface area contributed by atoms with E-state index in [2.05, 4.69) is 10.3 Å². The van der Waals surface area contributed by atoms with Gasteiger partial charge in [-0.25, -0.2) is 4.98 Å². The van der Waals surface area contributed by atoms with Gasteiger partial charge in [-0.15, -0.1) is 0 Å². The zero-order valence-corrected chi connectivity index (χ0v) is 19.7. The van der Waals surface area contributed by atoms with E-state index >= 15 is 0 Å². The number of nitrogens with one attached hydrogen (secondary N) is 1. The maximum absolute atomic E-state index is 13.1. The fourth-order valence-electron chi connectivity index (χ4n) is 3.99. The molecule has 4 rings (SSSR count). The number of benzene rings is 1. The zero-order valence-electron chi connectivity index (χ0n) is 19.7. The predicted molar refractivity (Wildman–Crippen MR) is 125 cm³/mol. The largest absolute Gasteiger partial charge is 0.493 e. The molecule has 2 aliphatic rings. The molecule has 34 heavy (non-hydrogen) atoms. The first kappa shape index (κ1) is 23.5. The molecule has 1 N–H and O–H groups in total. The number of methoxy groups -OCH3 is 1. The first-order valence-electron chi connectivity index (χ1n) is 11.5. The van der Waals surface area contributed by atoms with Crippen molar-refractivity contribution < 1.29 is 23.9 Å². The number of aromatic nitrogens is 1. The van der Waals surface area contributed by atoms with Crippen LogP contribution in [0.5, 0.6) is 11.5 Å². The van der Waals surface area contributed by atoms with Gasteiger partial charge in [-0.2, -0.15) is 0 Å². The normalized spacial score (nSPS) is 18.7. The third-order valence-electron chi connectivity index (χ3n) is 6.07. The van der Waals surface area contributed by atoms with Crippen LogP contribution in [0.25, 0.3) is 0 Å². The first-order chi connectivity index (χ1) is 16.4. The number of carbonyl (C=O) groups is 3. The fraction of sp³-hybridized carbons (Fsp3) is 0.440. The molecule has 9 heteroatoms. The topological polar surface area (TPSA) is 101 Å². The molecule has 1 aromatic heterocycles. The molecule has 1 aliphatic carbocycles. The van der Waals surface area contributed by atoms with Crippen LogP contribution in [0.15, 0.2) is 42.6 Å². The monoisotopic (exact) mass is 466 g/mol. The average Bonchev–Trinajstić information content (AvgIpc) is 3.67. The maximum atomic E-state index is 13.1. The Balaban J connectivity index is 1.37. The van der Waals surface area contributed by atoms with Gasteiger partial charge in [-0.1, -0.05) is 18.2 Å². The summed E-state index contributed by atoms with van der Waals surface area (Å²) < 4.78 is 11.3. The standard InChI is InChI=1S/C25H30N4O5/c1-16-15-28(25(32)18-7-5-4-6-8-18)11-12-29(16)24(31)17(2)34-22-14-26-20(13-21(22)33-3)23(30)27-19-9-10-19/h4-8,13-14,16-17,19H,9-12,15H2,1-3H3,(H,27,30)/t16-,17+/m1/s1. The third-order valence-corrected chi connectivity index (χ3v) is 6.07. The minimum Gasteiger partial charge on any atom is -0.493 e. The molecule has 1 aliphatic heterocycles. The molecule has 0 bridgehead atoms. The van der Waals surface area contributed by atoms with Crippen molar-refractivity contribution in [2.45, 2.75) is 44.9 Å². The van der Waals surface area contributed by atoms with Gasteiger partial charge >= 0.3 is 0 Å². The number of nitrogens with zero attached hydrogens (tertiary/aromatic N) is 3. The third kappa shape index (κ3) is 5.30. The molecule has 1 aromatic carbocycles. The molecule has 0 spiro atoms. The highest BCUT2D eigenvalue weighted by molar-refractivity contribution is 5.94. The molecule has 9 nitrogen and oxygen atoms in total. The number of pyridine rings is 1. The van der Waals surface area contributed by atoms with Gasteiger partial charge in [-0.3, -0.25) is 14.4 Å². The van der Waals surface area contributed by atoms with E-state index in [1.807, 2.05) is 25.1 Å². The van der Waals surface area contributed by atoms with Crippen LogP contribution < -0.4 is 14.8 Å². The van der Waals surface area contributed by atoms with E-state index in [0.717, 1.165) is 12.8 Å². The van der Waals surface area contributed by atoms with E-state index in [-0.39, 0.29) is 41.2 Å². The van der Waals surface area contributed by atoms with E-state index in [1.165, 1.54) is 19.4 Å². The van der Waals surface area contributed by atoms with Gasteiger partial charge in [0.25, 0.3) is 17.7 Å². The average molecular weight is 467 g/mol. The molecule has 1 saturated heterocycles. The first-order valence-corrected chi connectivity index (χ1v) is 11.5. The highest BCUT2D eigenvalue weighted by atomic mass is 16.5. The lowest BCUT2D eigenvalue weighted by atomic mass is 10.1. The summed E-state index contributed by atoms with van der Waals surface area (Å²) in [5, 5.41) is 2.88. The lowest BCUT2D eigenvalue weighted by Gasteiger charge is -2.40. The number of piperazine rings is 1. The quantitative estimate of drug-likeness (QED) is 0.671. The Morgan fingerprint density at radius 2 is 1.85 bits per heavy atom. The van der Waals surface area contributed by atoms with Crippen molar-refractivity contribution >= 4 is 17.7 Å². The van der Waals surface area contributed by atoms with Gasteiger partial charge in [-0.05, 0) is 38.8 Å². The zero-order chi connectivity index (χ0) is 24.2. The van der Waals surface area contributed by atoms with Crippen molar-refractivity contribution in [2.75, 3.05) is 26.7 Å². The summed E-state index contributed by atoms with van der Waals surface area (Å²) >= 11 is 0. The van der Waals surface area contributed by atoms with Gasteiger partial charge in [0, 0.05) is 43.3 Å². The lowest BCUT2D eigenvalue weighted by Crippen LogP contribution is -2.57. The number of amides is 3. The van der Waals surface area contributed by atoms with Crippen LogP contribution in [-0.2, 0) is 4.79 Å². The summed E-state index contributed by atoms with van der Waals surface area (Å²) in [5.41, 5.74) is 0.878. The van der Waals surface area contributed by atoms with Crippen molar-refractivity contribution in [2.24, 2.45) is 0 Å². The Kier molecular flexibility index (Phi) is 7.00. The Labute approximate surface area is 199 Å². The van der Waals surface area contributed by atoms with E-state index in [1.54, 1.807) is 28.9 Å². The minimum atomic E-state index is -0.791. The van der Waals surface area contributed by atoms with Gasteiger partial charge in [0.2, 0.25) is 0 Å². The molecule has 0 radical (unpaired) electrons. The van der Waals surface area contributed by atoms with Crippen LogP contribution in [0.2, 0.25) is 0 Å². The van der Waals surface area contributed by atoms with Crippen LogP contribution >= 0.6 is 0 Å². The van der Waals surface area contributed by atoms with E-state index in [0.29, 0.717) is 30.9 Å². The van der Waals surface area contributed by atoms with E-state index in [9.17, 15) is 14.4 Å². The molecular weight excluding hydrogens is 436 g/mol. The van der Waals surface area contributed by atoms with Crippen molar-refractivity contribution in [3.8, 4) is 11.5 Å². The van der Waals surface area contributed by atoms with Crippen molar-refractivity contribution in [3.05, 3.63) is 53.9 Å². The molecule has 180 valence electrons. The molecule has 0 unspecified atom stereocenters. The summed E-state index contributed by atoms with van der Waals surface area (Å²) in [6, 6.07) is 10.7. The van der Waals surface area contributed by atoms with Crippen molar-refractivity contribution in [3.63, 3.8) is 0 Å². The lowest BCUT2D eigenvalue weighted by molar-refractivity contribution is -0.142.